The highest BCUT2D eigenvalue weighted by Gasteiger charge is 2.17. The number of hydrogen-bond acceptors (Lipinski definition) is 3. The Morgan fingerprint density at radius 3 is 2.48 bits per heavy atom. The smallest absolute Gasteiger partial charge is 0.251 e. The number of benzene rings is 1. The maximum atomic E-state index is 12.2. The fourth-order valence-electron chi connectivity index (χ4n) is 2.47. The van der Waals surface area contributed by atoms with E-state index in [-0.39, 0.29) is 24.3 Å². The molecular formula is C19H23ClN2O2S. The van der Waals surface area contributed by atoms with Crippen LogP contribution in [0.2, 0.25) is 5.02 Å². The number of amides is 2. The van der Waals surface area contributed by atoms with E-state index in [0.717, 1.165) is 11.3 Å². The molecule has 25 heavy (non-hydrogen) atoms. The van der Waals surface area contributed by atoms with Crippen molar-refractivity contribution in [1.82, 2.24) is 10.6 Å². The third-order valence-corrected chi connectivity index (χ3v) is 4.91. The Balaban J connectivity index is 1.80. The Kier molecular flexibility index (Phi) is 7.47. The minimum Gasteiger partial charge on any atom is -0.352 e. The van der Waals surface area contributed by atoms with E-state index < -0.39 is 0 Å². The van der Waals surface area contributed by atoms with E-state index in [1.165, 1.54) is 0 Å². The first-order chi connectivity index (χ1) is 12.0. The van der Waals surface area contributed by atoms with Crippen molar-refractivity contribution in [3.05, 3.63) is 57.2 Å². The van der Waals surface area contributed by atoms with Crippen LogP contribution in [0.3, 0.4) is 0 Å². The molecule has 6 heteroatoms. The summed E-state index contributed by atoms with van der Waals surface area (Å²) in [6.45, 7) is 4.57. The molecule has 1 atom stereocenters. The van der Waals surface area contributed by atoms with Crippen LogP contribution in [0, 0.1) is 5.92 Å². The molecule has 2 amide bonds. The fourth-order valence-corrected chi connectivity index (χ4v) is 3.38. The molecule has 0 fully saturated rings. The zero-order chi connectivity index (χ0) is 18.2. The Labute approximate surface area is 157 Å². The SMILES string of the molecule is CC(C)CC(NC(=O)CCNC(=O)c1ccc(Cl)cc1)c1cccs1. The zero-order valence-electron chi connectivity index (χ0n) is 14.4. The van der Waals surface area contributed by atoms with Gasteiger partial charge in [0, 0.05) is 28.4 Å². The third kappa shape index (κ3) is 6.52. The van der Waals surface area contributed by atoms with Crippen molar-refractivity contribution in [2.45, 2.75) is 32.7 Å². The number of carbonyl (C=O) groups excluding carboxylic acids is 2. The largest absolute Gasteiger partial charge is 0.352 e. The van der Waals surface area contributed by atoms with Crippen LogP contribution in [-0.4, -0.2) is 18.4 Å². The first-order valence-electron chi connectivity index (χ1n) is 8.32. The number of rotatable bonds is 8. The lowest BCUT2D eigenvalue weighted by Crippen LogP contribution is -2.33. The van der Waals surface area contributed by atoms with Gasteiger partial charge < -0.3 is 10.6 Å². The lowest BCUT2D eigenvalue weighted by atomic mass is 10.0. The first kappa shape index (κ1) is 19.5. The van der Waals surface area contributed by atoms with Gasteiger partial charge in [-0.25, -0.2) is 0 Å². The van der Waals surface area contributed by atoms with Gasteiger partial charge in [0.25, 0.3) is 5.91 Å². The van der Waals surface area contributed by atoms with Gasteiger partial charge in [0.05, 0.1) is 6.04 Å². The van der Waals surface area contributed by atoms with Crippen molar-refractivity contribution in [1.29, 1.82) is 0 Å². The van der Waals surface area contributed by atoms with Crippen LogP contribution in [0.15, 0.2) is 41.8 Å². The predicted molar refractivity (Wildman–Crippen MR) is 103 cm³/mol. The number of thiophene rings is 1. The number of halogens is 1. The summed E-state index contributed by atoms with van der Waals surface area (Å²) in [5, 5.41) is 8.43. The molecule has 0 aliphatic rings. The molecule has 4 nitrogen and oxygen atoms in total. The van der Waals surface area contributed by atoms with Crippen molar-refractivity contribution in [2.75, 3.05) is 6.54 Å². The lowest BCUT2D eigenvalue weighted by molar-refractivity contribution is -0.121. The summed E-state index contributed by atoms with van der Waals surface area (Å²) in [6.07, 6.45) is 1.14. The lowest BCUT2D eigenvalue weighted by Gasteiger charge is -2.19. The molecule has 0 radical (unpaired) electrons. The third-order valence-electron chi connectivity index (χ3n) is 3.67. The van der Waals surface area contributed by atoms with Crippen molar-refractivity contribution >= 4 is 34.8 Å². The fraction of sp³-hybridized carbons (Fsp3) is 0.368. The Hall–Kier alpha value is -1.85. The van der Waals surface area contributed by atoms with Gasteiger partial charge in [0.2, 0.25) is 5.91 Å². The molecule has 2 N–H and O–H groups in total. The zero-order valence-corrected chi connectivity index (χ0v) is 16.0. The van der Waals surface area contributed by atoms with Crippen LogP contribution in [0.5, 0.6) is 0 Å². The van der Waals surface area contributed by atoms with Crippen LogP contribution in [0.1, 0.15) is 48.0 Å². The summed E-state index contributed by atoms with van der Waals surface area (Å²) in [6, 6.07) is 10.7. The second-order valence-electron chi connectivity index (χ2n) is 6.28. The van der Waals surface area contributed by atoms with Crippen LogP contribution in [0.25, 0.3) is 0 Å². The van der Waals surface area contributed by atoms with Gasteiger partial charge in [-0.1, -0.05) is 31.5 Å². The molecule has 0 saturated carbocycles. The number of nitrogens with one attached hydrogen (secondary N) is 2. The minimum atomic E-state index is -0.207. The molecular weight excluding hydrogens is 356 g/mol. The molecule has 1 aromatic carbocycles. The molecule has 0 aliphatic heterocycles. The van der Waals surface area contributed by atoms with Crippen molar-refractivity contribution < 1.29 is 9.59 Å². The van der Waals surface area contributed by atoms with Gasteiger partial charge in [0.15, 0.2) is 0 Å². The molecule has 2 aromatic rings. The molecule has 1 heterocycles. The van der Waals surface area contributed by atoms with E-state index in [1.54, 1.807) is 35.6 Å². The number of carbonyl (C=O) groups is 2. The predicted octanol–water partition coefficient (Wildman–Crippen LogP) is 4.43. The van der Waals surface area contributed by atoms with Gasteiger partial charge in [-0.15, -0.1) is 11.3 Å². The van der Waals surface area contributed by atoms with Crippen LogP contribution < -0.4 is 10.6 Å². The first-order valence-corrected chi connectivity index (χ1v) is 9.58. The van der Waals surface area contributed by atoms with Gasteiger partial charge in [-0.2, -0.15) is 0 Å². The number of hydrogen-bond donors (Lipinski definition) is 2. The Bertz CT molecular complexity index is 684. The standard InChI is InChI=1S/C19H23ClN2O2S/c1-13(2)12-16(17-4-3-11-25-17)22-18(23)9-10-21-19(24)14-5-7-15(20)8-6-14/h3-8,11,13,16H,9-10,12H2,1-2H3,(H,21,24)(H,22,23). The summed E-state index contributed by atoms with van der Waals surface area (Å²) in [4.78, 5) is 25.4. The molecule has 0 spiro atoms. The summed E-state index contributed by atoms with van der Waals surface area (Å²) < 4.78 is 0. The van der Waals surface area contributed by atoms with Crippen molar-refractivity contribution in [2.24, 2.45) is 5.92 Å². The molecule has 1 unspecified atom stereocenters. The second-order valence-corrected chi connectivity index (χ2v) is 7.69. The van der Waals surface area contributed by atoms with Crippen molar-refractivity contribution in [3.63, 3.8) is 0 Å². The summed E-state index contributed by atoms with van der Waals surface area (Å²) in [5.74, 6) is 0.217. The molecule has 1 aromatic heterocycles. The summed E-state index contributed by atoms with van der Waals surface area (Å²) in [5.41, 5.74) is 0.529. The van der Waals surface area contributed by atoms with Gasteiger partial charge in [-0.3, -0.25) is 9.59 Å². The quantitative estimate of drug-likeness (QED) is 0.714. The highest BCUT2D eigenvalue weighted by Crippen LogP contribution is 2.25. The molecule has 2 rings (SSSR count). The minimum absolute atomic E-state index is 0.0273. The van der Waals surface area contributed by atoms with Crippen molar-refractivity contribution in [3.8, 4) is 0 Å². The van der Waals surface area contributed by atoms with Crippen LogP contribution in [0.4, 0.5) is 0 Å². The summed E-state index contributed by atoms with van der Waals surface area (Å²) >= 11 is 7.45. The highest BCUT2D eigenvalue weighted by molar-refractivity contribution is 7.10. The van der Waals surface area contributed by atoms with Gasteiger partial charge >= 0.3 is 0 Å². The summed E-state index contributed by atoms with van der Waals surface area (Å²) in [7, 11) is 0. The van der Waals surface area contributed by atoms with E-state index in [2.05, 4.69) is 24.5 Å². The van der Waals surface area contributed by atoms with E-state index in [0.29, 0.717) is 23.0 Å². The Morgan fingerprint density at radius 2 is 1.88 bits per heavy atom. The maximum absolute atomic E-state index is 12.2. The van der Waals surface area contributed by atoms with E-state index in [9.17, 15) is 9.59 Å². The van der Waals surface area contributed by atoms with Crippen LogP contribution >= 0.6 is 22.9 Å². The van der Waals surface area contributed by atoms with E-state index in [4.69, 9.17) is 11.6 Å². The Morgan fingerprint density at radius 1 is 1.16 bits per heavy atom. The molecule has 134 valence electrons. The van der Waals surface area contributed by atoms with E-state index in [1.807, 2.05) is 17.5 Å². The van der Waals surface area contributed by atoms with E-state index >= 15 is 0 Å². The average molecular weight is 379 g/mol. The van der Waals surface area contributed by atoms with Gasteiger partial charge in [-0.05, 0) is 48.1 Å². The maximum Gasteiger partial charge on any atom is 0.251 e. The molecule has 0 bridgehead atoms. The average Bonchev–Trinajstić information content (AvgIpc) is 3.08. The molecule has 0 aliphatic carbocycles. The monoisotopic (exact) mass is 378 g/mol. The normalized spacial score (nSPS) is 12.0. The van der Waals surface area contributed by atoms with Gasteiger partial charge in [0.1, 0.15) is 0 Å². The topological polar surface area (TPSA) is 58.2 Å². The second kappa shape index (κ2) is 9.59. The highest BCUT2D eigenvalue weighted by atomic mass is 35.5. The van der Waals surface area contributed by atoms with Crippen LogP contribution in [-0.2, 0) is 4.79 Å². The molecule has 0 saturated heterocycles.